The first-order valence-corrected chi connectivity index (χ1v) is 15.0. The van der Waals surface area contributed by atoms with Gasteiger partial charge in [-0.05, 0) is 62.5 Å². The average molecular weight is 583 g/mol. The van der Waals surface area contributed by atoms with Crippen molar-refractivity contribution in [3.63, 3.8) is 0 Å². The number of fused-ring (bicyclic) bond motifs is 2. The standard InChI is InChI=1S/C32H46N4O6/c1-21(2)27-30(39)33-26(20-24-15-10-8-11-16-24)31(40)36-18-13-17-25(35-36)32(41)42-19-12-7-5-6-9-14-22(3)28(37)23(4)29(38)34-27/h6,8-11,15-16,22-23,25-28,35,37H,1,5,7,12-14,17-20H2,2-4H3,(H,33,39)(H,34,38)/b9-6+/t22-,23-,25-,26-,27-,28+/m0/s1. The first kappa shape index (κ1) is 33.0. The molecule has 1 saturated heterocycles. The van der Waals surface area contributed by atoms with E-state index in [1.54, 1.807) is 13.8 Å². The second kappa shape index (κ2) is 16.2. The smallest absolute Gasteiger partial charge is 0.324 e. The van der Waals surface area contributed by atoms with Gasteiger partial charge in [0, 0.05) is 13.0 Å². The van der Waals surface area contributed by atoms with Crippen LogP contribution in [0.4, 0.5) is 0 Å². The van der Waals surface area contributed by atoms with Crippen molar-refractivity contribution in [2.75, 3.05) is 13.2 Å². The fourth-order valence-electron chi connectivity index (χ4n) is 5.15. The van der Waals surface area contributed by atoms with Crippen LogP contribution in [0, 0.1) is 11.8 Å². The van der Waals surface area contributed by atoms with Gasteiger partial charge in [-0.15, -0.1) is 0 Å². The highest BCUT2D eigenvalue weighted by molar-refractivity contribution is 5.94. The lowest BCUT2D eigenvalue weighted by Crippen LogP contribution is -2.62. The van der Waals surface area contributed by atoms with Gasteiger partial charge in [-0.1, -0.05) is 62.9 Å². The molecule has 3 rings (SSSR count). The number of aliphatic hydroxyl groups is 1. The van der Waals surface area contributed by atoms with Crippen molar-refractivity contribution in [1.82, 2.24) is 21.1 Å². The van der Waals surface area contributed by atoms with Gasteiger partial charge in [0.2, 0.25) is 11.8 Å². The number of carbonyl (C=O) groups excluding carboxylic acids is 4. The number of esters is 1. The summed E-state index contributed by atoms with van der Waals surface area (Å²) in [6.45, 7) is 9.68. The lowest BCUT2D eigenvalue weighted by molar-refractivity contribution is -0.153. The second-order valence-electron chi connectivity index (χ2n) is 11.5. The molecule has 1 fully saturated rings. The van der Waals surface area contributed by atoms with Crippen molar-refractivity contribution in [1.29, 1.82) is 0 Å². The Labute approximate surface area is 248 Å². The first-order chi connectivity index (χ1) is 20.1. The van der Waals surface area contributed by atoms with E-state index in [-0.39, 0.29) is 18.9 Å². The van der Waals surface area contributed by atoms with Crippen LogP contribution in [0.5, 0.6) is 0 Å². The molecule has 2 aliphatic heterocycles. The van der Waals surface area contributed by atoms with Crippen molar-refractivity contribution < 1.29 is 29.0 Å². The maximum Gasteiger partial charge on any atom is 0.324 e. The summed E-state index contributed by atoms with van der Waals surface area (Å²) < 4.78 is 5.49. The molecule has 0 spiro atoms. The number of nitrogens with one attached hydrogen (secondary N) is 3. The van der Waals surface area contributed by atoms with Gasteiger partial charge in [-0.3, -0.25) is 24.2 Å². The van der Waals surface area contributed by atoms with Gasteiger partial charge in [0.25, 0.3) is 5.91 Å². The molecule has 4 N–H and O–H groups in total. The third-order valence-corrected chi connectivity index (χ3v) is 7.87. The number of amides is 3. The zero-order valence-corrected chi connectivity index (χ0v) is 25.0. The number of hydrazine groups is 1. The minimum absolute atomic E-state index is 0.188. The number of hydrogen-bond donors (Lipinski definition) is 4. The van der Waals surface area contributed by atoms with Crippen LogP contribution < -0.4 is 16.1 Å². The summed E-state index contributed by atoms with van der Waals surface area (Å²) in [7, 11) is 0. The van der Waals surface area contributed by atoms with Crippen LogP contribution >= 0.6 is 0 Å². The van der Waals surface area contributed by atoms with E-state index in [1.807, 2.05) is 49.4 Å². The molecular weight excluding hydrogens is 536 g/mol. The van der Waals surface area contributed by atoms with E-state index in [4.69, 9.17) is 4.74 Å². The summed E-state index contributed by atoms with van der Waals surface area (Å²) in [5, 5.41) is 17.8. The number of carbonyl (C=O) groups is 4. The maximum atomic E-state index is 13.8. The minimum atomic E-state index is -1.11. The van der Waals surface area contributed by atoms with Crippen molar-refractivity contribution >= 4 is 23.7 Å². The number of hydrogen-bond acceptors (Lipinski definition) is 7. The minimum Gasteiger partial charge on any atom is -0.464 e. The molecule has 230 valence electrons. The van der Waals surface area contributed by atoms with Crippen molar-refractivity contribution in [3.05, 3.63) is 60.2 Å². The van der Waals surface area contributed by atoms with E-state index < -0.39 is 53.8 Å². The highest BCUT2D eigenvalue weighted by Gasteiger charge is 2.35. The summed E-state index contributed by atoms with van der Waals surface area (Å²) in [6, 6.07) is 6.54. The van der Waals surface area contributed by atoms with E-state index in [0.29, 0.717) is 37.8 Å². The van der Waals surface area contributed by atoms with Gasteiger partial charge in [-0.2, -0.15) is 0 Å². The fraction of sp³-hybridized carbons (Fsp3) is 0.562. The lowest BCUT2D eigenvalue weighted by Gasteiger charge is -2.35. The largest absolute Gasteiger partial charge is 0.464 e. The van der Waals surface area contributed by atoms with Crippen molar-refractivity contribution in [3.8, 4) is 0 Å². The van der Waals surface area contributed by atoms with E-state index in [9.17, 15) is 24.3 Å². The molecule has 6 atom stereocenters. The SMILES string of the molecule is C=C(C)[C@@H]1NC(=O)[C@@H](C)[C@H](O)[C@@H](C)C/C=C/CCCCOC(=O)[C@@H]2CCCN(N2)C(=O)[C@H](Cc2ccccc2)NC1=O. The number of ether oxygens (including phenoxy) is 1. The van der Waals surface area contributed by atoms with Gasteiger partial charge in [0.05, 0.1) is 18.6 Å². The maximum absolute atomic E-state index is 13.8. The van der Waals surface area contributed by atoms with E-state index >= 15 is 0 Å². The molecule has 3 amide bonds. The average Bonchev–Trinajstić information content (AvgIpc) is 2.99. The molecule has 0 saturated carbocycles. The molecule has 42 heavy (non-hydrogen) atoms. The zero-order chi connectivity index (χ0) is 30.6. The van der Waals surface area contributed by atoms with Crippen molar-refractivity contribution in [2.24, 2.45) is 11.8 Å². The molecule has 0 aromatic heterocycles. The predicted molar refractivity (Wildman–Crippen MR) is 160 cm³/mol. The topological polar surface area (TPSA) is 137 Å². The highest BCUT2D eigenvalue weighted by atomic mass is 16.5. The Morgan fingerprint density at radius 2 is 1.76 bits per heavy atom. The summed E-state index contributed by atoms with van der Waals surface area (Å²) in [5.41, 5.74) is 4.23. The number of cyclic esters (lactones) is 1. The summed E-state index contributed by atoms with van der Waals surface area (Å²) in [6.07, 6.45) is 7.37. The van der Waals surface area contributed by atoms with Crippen LogP contribution in [0.15, 0.2) is 54.6 Å². The quantitative estimate of drug-likeness (QED) is 0.318. The molecule has 2 bridgehead atoms. The van der Waals surface area contributed by atoms with Crippen molar-refractivity contribution in [2.45, 2.75) is 89.9 Å². The number of benzene rings is 1. The van der Waals surface area contributed by atoms with Crippen LogP contribution in [-0.4, -0.2) is 71.2 Å². The predicted octanol–water partition coefficient (Wildman–Crippen LogP) is 2.58. The molecule has 1 aromatic rings. The van der Waals surface area contributed by atoms with Gasteiger partial charge in [0.15, 0.2) is 0 Å². The summed E-state index contributed by atoms with van der Waals surface area (Å²) in [4.78, 5) is 53.2. The molecule has 2 heterocycles. The van der Waals surface area contributed by atoms with Gasteiger partial charge in [0.1, 0.15) is 18.1 Å². The molecular formula is C32H46N4O6. The van der Waals surface area contributed by atoms with Crippen LogP contribution in [0.3, 0.4) is 0 Å². The van der Waals surface area contributed by atoms with Gasteiger partial charge < -0.3 is 20.5 Å². The number of allylic oxidation sites excluding steroid dienone is 2. The Morgan fingerprint density at radius 3 is 2.48 bits per heavy atom. The van der Waals surface area contributed by atoms with E-state index in [0.717, 1.165) is 18.4 Å². The summed E-state index contributed by atoms with van der Waals surface area (Å²) >= 11 is 0. The zero-order valence-electron chi connectivity index (χ0n) is 25.0. The molecule has 0 radical (unpaired) electrons. The first-order valence-electron chi connectivity index (χ1n) is 15.0. The molecule has 10 nitrogen and oxygen atoms in total. The van der Waals surface area contributed by atoms with Crippen LogP contribution in [0.2, 0.25) is 0 Å². The van der Waals surface area contributed by atoms with Crippen LogP contribution in [0.25, 0.3) is 0 Å². The normalized spacial score (nSPS) is 30.1. The Hall–Kier alpha value is -3.50. The summed E-state index contributed by atoms with van der Waals surface area (Å²) in [5.74, 6) is -2.83. The molecule has 0 unspecified atom stereocenters. The van der Waals surface area contributed by atoms with Crippen LogP contribution in [-0.2, 0) is 30.3 Å². The third-order valence-electron chi connectivity index (χ3n) is 7.87. The lowest BCUT2D eigenvalue weighted by atomic mass is 9.90. The molecule has 0 aliphatic carbocycles. The fourth-order valence-corrected chi connectivity index (χ4v) is 5.15. The van der Waals surface area contributed by atoms with Gasteiger partial charge >= 0.3 is 5.97 Å². The molecule has 10 heteroatoms. The Balaban J connectivity index is 1.87. The monoisotopic (exact) mass is 582 g/mol. The highest BCUT2D eigenvalue weighted by Crippen LogP contribution is 2.19. The van der Waals surface area contributed by atoms with Crippen LogP contribution in [0.1, 0.15) is 64.9 Å². The van der Waals surface area contributed by atoms with E-state index in [1.165, 1.54) is 5.01 Å². The molecule has 1 aromatic carbocycles. The second-order valence-corrected chi connectivity index (χ2v) is 11.5. The Bertz CT molecular complexity index is 1120. The van der Waals surface area contributed by atoms with E-state index in [2.05, 4.69) is 22.6 Å². The number of rotatable bonds is 3. The Kier molecular flexibility index (Phi) is 12.7. The number of nitrogens with zero attached hydrogens (tertiary/aromatic N) is 1. The number of aliphatic hydroxyl groups excluding tert-OH is 1. The van der Waals surface area contributed by atoms with Gasteiger partial charge in [-0.25, -0.2) is 5.43 Å². The molecule has 2 aliphatic rings. The Morgan fingerprint density at radius 1 is 1.02 bits per heavy atom. The third kappa shape index (κ3) is 9.52.